The number of carbonyl (C=O) groups is 1. The Morgan fingerprint density at radius 1 is 1.39 bits per heavy atom. The molecule has 0 saturated carbocycles. The molecule has 0 aromatic carbocycles. The van der Waals surface area contributed by atoms with Crippen LogP contribution in [-0.4, -0.2) is 39.7 Å². The number of rotatable bonds is 1. The number of ether oxygens (including phenoxy) is 1. The first-order valence-electron chi connectivity index (χ1n) is 7.94. The fraction of sp³-hybridized carbons (Fsp3) is 0.529. The van der Waals surface area contributed by atoms with Crippen molar-refractivity contribution in [1.29, 1.82) is 0 Å². The molecule has 0 aliphatic carbocycles. The summed E-state index contributed by atoms with van der Waals surface area (Å²) in [6.07, 6.45) is 4.47. The summed E-state index contributed by atoms with van der Waals surface area (Å²) >= 11 is 0. The third kappa shape index (κ3) is 3.30. The van der Waals surface area contributed by atoms with Crippen molar-refractivity contribution >= 4 is 17.0 Å². The molecule has 2 aromatic rings. The van der Waals surface area contributed by atoms with Gasteiger partial charge in [0.15, 0.2) is 5.82 Å². The van der Waals surface area contributed by atoms with Crippen molar-refractivity contribution in [2.75, 3.05) is 13.1 Å². The van der Waals surface area contributed by atoms with Crippen LogP contribution in [0, 0.1) is 5.82 Å². The van der Waals surface area contributed by atoms with Crippen LogP contribution in [0.4, 0.5) is 9.18 Å². The van der Waals surface area contributed by atoms with Gasteiger partial charge in [-0.05, 0) is 39.7 Å². The van der Waals surface area contributed by atoms with E-state index in [1.165, 1.54) is 0 Å². The molecule has 124 valence electrons. The predicted molar refractivity (Wildman–Crippen MR) is 85.8 cm³/mol. The van der Waals surface area contributed by atoms with Gasteiger partial charge in [-0.15, -0.1) is 0 Å². The minimum absolute atomic E-state index is 0.0352. The topological polar surface area (TPSA) is 58.2 Å². The third-order valence-corrected chi connectivity index (χ3v) is 4.11. The number of piperidine rings is 1. The molecule has 1 fully saturated rings. The van der Waals surface area contributed by atoms with Gasteiger partial charge in [0.1, 0.15) is 5.60 Å². The Morgan fingerprint density at radius 3 is 2.74 bits per heavy atom. The van der Waals surface area contributed by atoms with Crippen LogP contribution >= 0.6 is 0 Å². The van der Waals surface area contributed by atoms with Crippen LogP contribution in [0.2, 0.25) is 0 Å². The van der Waals surface area contributed by atoms with Gasteiger partial charge in [0, 0.05) is 30.6 Å². The van der Waals surface area contributed by atoms with Gasteiger partial charge in [0.25, 0.3) is 0 Å². The molecule has 1 aliphatic rings. The summed E-state index contributed by atoms with van der Waals surface area (Å²) in [6.45, 7) is 6.67. The second-order valence-electron chi connectivity index (χ2n) is 7.00. The van der Waals surface area contributed by atoms with E-state index in [1.807, 2.05) is 20.8 Å². The zero-order valence-corrected chi connectivity index (χ0v) is 13.7. The summed E-state index contributed by atoms with van der Waals surface area (Å²) in [5.41, 5.74) is 0.708. The first kappa shape index (κ1) is 15.8. The number of pyridine rings is 1. The number of fused-ring (bicyclic) bond motifs is 1. The number of nitrogens with zero attached hydrogens (tertiary/aromatic N) is 2. The van der Waals surface area contributed by atoms with E-state index in [0.29, 0.717) is 42.5 Å². The number of aromatic amines is 1. The highest BCUT2D eigenvalue weighted by atomic mass is 19.1. The normalized spacial score (nSPS) is 16.8. The second-order valence-corrected chi connectivity index (χ2v) is 7.00. The molecule has 6 heteroatoms. The van der Waals surface area contributed by atoms with Gasteiger partial charge in [-0.3, -0.25) is 4.98 Å². The van der Waals surface area contributed by atoms with Gasteiger partial charge in [0.05, 0.1) is 17.4 Å². The maximum absolute atomic E-state index is 14.6. The SMILES string of the molecule is CC(C)(C)OC(=O)N1CCC(c2ncc3[nH]ccc3c2F)CC1. The lowest BCUT2D eigenvalue weighted by molar-refractivity contribution is 0.0203. The molecule has 3 heterocycles. The Kier molecular flexibility index (Phi) is 4.00. The van der Waals surface area contributed by atoms with E-state index in [-0.39, 0.29) is 17.8 Å². The first-order valence-corrected chi connectivity index (χ1v) is 7.94. The zero-order chi connectivity index (χ0) is 16.6. The summed E-state index contributed by atoms with van der Waals surface area (Å²) in [5, 5.41) is 0.574. The highest BCUT2D eigenvalue weighted by molar-refractivity contribution is 5.79. The number of likely N-dealkylation sites (tertiary alicyclic amines) is 1. The van der Waals surface area contributed by atoms with Crippen LogP contribution in [0.5, 0.6) is 0 Å². The maximum Gasteiger partial charge on any atom is 0.410 e. The molecule has 0 bridgehead atoms. The molecule has 0 atom stereocenters. The molecule has 5 nitrogen and oxygen atoms in total. The summed E-state index contributed by atoms with van der Waals surface area (Å²) in [7, 11) is 0. The standard InChI is InChI=1S/C17H22FN3O2/c1-17(2,3)23-16(22)21-8-5-11(6-9-21)15-14(18)12-4-7-19-13(12)10-20-15/h4,7,10-11,19H,5-6,8-9H2,1-3H3. The van der Waals surface area contributed by atoms with Crippen LogP contribution in [0.1, 0.15) is 45.2 Å². The molecular weight excluding hydrogens is 297 g/mol. The molecule has 1 N–H and O–H groups in total. The molecule has 2 aromatic heterocycles. The van der Waals surface area contributed by atoms with Gasteiger partial charge in [-0.25, -0.2) is 9.18 Å². The van der Waals surface area contributed by atoms with Crippen LogP contribution < -0.4 is 0 Å². The average Bonchev–Trinajstić information content (AvgIpc) is 2.95. The largest absolute Gasteiger partial charge is 0.444 e. The monoisotopic (exact) mass is 319 g/mol. The van der Waals surface area contributed by atoms with Gasteiger partial charge >= 0.3 is 6.09 Å². The minimum Gasteiger partial charge on any atom is -0.444 e. The van der Waals surface area contributed by atoms with E-state index in [4.69, 9.17) is 4.74 Å². The van der Waals surface area contributed by atoms with E-state index in [0.717, 1.165) is 0 Å². The van der Waals surface area contributed by atoms with Crippen molar-refractivity contribution in [3.05, 3.63) is 30.0 Å². The van der Waals surface area contributed by atoms with Gasteiger partial charge in [0.2, 0.25) is 0 Å². The summed E-state index contributed by atoms with van der Waals surface area (Å²) < 4.78 is 20.0. The van der Waals surface area contributed by atoms with Crippen molar-refractivity contribution in [2.45, 2.75) is 45.1 Å². The number of amides is 1. The quantitative estimate of drug-likeness (QED) is 0.869. The van der Waals surface area contributed by atoms with Gasteiger partial charge in [-0.2, -0.15) is 0 Å². The lowest BCUT2D eigenvalue weighted by Crippen LogP contribution is -2.41. The molecule has 1 amide bonds. The van der Waals surface area contributed by atoms with Gasteiger partial charge < -0.3 is 14.6 Å². The van der Waals surface area contributed by atoms with Crippen LogP contribution in [-0.2, 0) is 4.74 Å². The van der Waals surface area contributed by atoms with Crippen molar-refractivity contribution in [3.63, 3.8) is 0 Å². The molecule has 0 radical (unpaired) electrons. The van der Waals surface area contributed by atoms with Crippen molar-refractivity contribution in [1.82, 2.24) is 14.9 Å². The Balaban J connectivity index is 1.68. The van der Waals surface area contributed by atoms with Crippen molar-refractivity contribution in [3.8, 4) is 0 Å². The molecule has 1 saturated heterocycles. The predicted octanol–water partition coefficient (Wildman–Crippen LogP) is 3.82. The highest BCUT2D eigenvalue weighted by Crippen LogP contribution is 2.31. The lowest BCUT2D eigenvalue weighted by atomic mass is 9.92. The average molecular weight is 319 g/mol. The van der Waals surface area contributed by atoms with Gasteiger partial charge in [-0.1, -0.05) is 0 Å². The van der Waals surface area contributed by atoms with Crippen molar-refractivity contribution in [2.24, 2.45) is 0 Å². The number of carbonyl (C=O) groups excluding carboxylic acids is 1. The molecular formula is C17H22FN3O2. The smallest absolute Gasteiger partial charge is 0.410 e. The summed E-state index contributed by atoms with van der Waals surface area (Å²) in [4.78, 5) is 21.0. The Hall–Kier alpha value is -2.11. The third-order valence-electron chi connectivity index (χ3n) is 4.11. The van der Waals surface area contributed by atoms with Crippen LogP contribution in [0.25, 0.3) is 10.9 Å². The molecule has 1 aliphatic heterocycles. The van der Waals surface area contributed by atoms with E-state index in [1.54, 1.807) is 23.4 Å². The Morgan fingerprint density at radius 2 is 2.09 bits per heavy atom. The molecule has 3 rings (SSSR count). The van der Waals surface area contributed by atoms with E-state index >= 15 is 0 Å². The van der Waals surface area contributed by atoms with Crippen LogP contribution in [0.15, 0.2) is 18.5 Å². The fourth-order valence-corrected chi connectivity index (χ4v) is 2.96. The first-order chi connectivity index (χ1) is 10.8. The molecule has 0 unspecified atom stereocenters. The Labute approximate surface area is 134 Å². The molecule has 0 spiro atoms. The number of H-pyrrole nitrogens is 1. The van der Waals surface area contributed by atoms with Crippen LogP contribution in [0.3, 0.4) is 0 Å². The molecule has 23 heavy (non-hydrogen) atoms. The van der Waals surface area contributed by atoms with E-state index in [2.05, 4.69) is 9.97 Å². The Bertz CT molecular complexity index is 712. The lowest BCUT2D eigenvalue weighted by Gasteiger charge is -2.33. The maximum atomic E-state index is 14.6. The summed E-state index contributed by atoms with van der Waals surface area (Å²) in [6, 6.07) is 1.73. The van der Waals surface area contributed by atoms with E-state index in [9.17, 15) is 9.18 Å². The van der Waals surface area contributed by atoms with E-state index < -0.39 is 5.60 Å². The minimum atomic E-state index is -0.499. The zero-order valence-electron chi connectivity index (χ0n) is 13.7. The van der Waals surface area contributed by atoms with Crippen molar-refractivity contribution < 1.29 is 13.9 Å². The second kappa shape index (κ2) is 5.83. The number of hydrogen-bond acceptors (Lipinski definition) is 3. The number of hydrogen-bond donors (Lipinski definition) is 1. The number of aromatic nitrogens is 2. The fourth-order valence-electron chi connectivity index (χ4n) is 2.96. The summed E-state index contributed by atoms with van der Waals surface area (Å²) in [5.74, 6) is -0.215. The number of halogens is 1. The number of nitrogens with one attached hydrogen (secondary N) is 1. The highest BCUT2D eigenvalue weighted by Gasteiger charge is 2.29.